The number of H-pyrrole nitrogens is 1. The van der Waals surface area contributed by atoms with Gasteiger partial charge in [-0.2, -0.15) is 0 Å². The van der Waals surface area contributed by atoms with E-state index in [0.717, 1.165) is 35.1 Å². The van der Waals surface area contributed by atoms with E-state index in [9.17, 15) is 8.78 Å². The summed E-state index contributed by atoms with van der Waals surface area (Å²) >= 11 is 0. The van der Waals surface area contributed by atoms with Crippen LogP contribution in [0.4, 0.5) is 8.78 Å². The van der Waals surface area contributed by atoms with Crippen LogP contribution in [-0.2, 0) is 6.61 Å². The standard InChI is InChI=1S/C20H16F2N4O/c1-12(19-25-18-9-23-11-24-20(18)26-19)13-2-5-16(6-3-13)27-10-14-8-15(21)4-7-17(14)22/h2-9,11-12H,10H2,1H3,(H,23,24,25,26). The normalized spacial score (nSPS) is 12.3. The van der Waals surface area contributed by atoms with Gasteiger partial charge >= 0.3 is 0 Å². The minimum Gasteiger partial charge on any atom is -0.489 e. The van der Waals surface area contributed by atoms with Crippen molar-refractivity contribution in [2.45, 2.75) is 19.4 Å². The Kier molecular flexibility index (Phi) is 4.50. The van der Waals surface area contributed by atoms with Gasteiger partial charge in [-0.25, -0.2) is 23.7 Å². The van der Waals surface area contributed by atoms with E-state index in [-0.39, 0.29) is 18.1 Å². The van der Waals surface area contributed by atoms with E-state index < -0.39 is 11.6 Å². The first-order chi connectivity index (χ1) is 13.1. The second kappa shape index (κ2) is 7.11. The van der Waals surface area contributed by atoms with Crippen molar-refractivity contribution in [1.82, 2.24) is 19.9 Å². The largest absolute Gasteiger partial charge is 0.489 e. The second-order valence-corrected chi connectivity index (χ2v) is 6.19. The topological polar surface area (TPSA) is 63.7 Å². The fourth-order valence-electron chi connectivity index (χ4n) is 2.81. The van der Waals surface area contributed by atoms with Gasteiger partial charge in [-0.05, 0) is 35.9 Å². The molecule has 1 atom stereocenters. The lowest BCUT2D eigenvalue weighted by Crippen LogP contribution is -2.01. The molecule has 0 aliphatic rings. The van der Waals surface area contributed by atoms with Crippen LogP contribution in [0.25, 0.3) is 11.2 Å². The number of benzene rings is 2. The first kappa shape index (κ1) is 17.1. The average molecular weight is 366 g/mol. The molecule has 4 rings (SSSR count). The Bertz CT molecular complexity index is 1050. The number of fused-ring (bicyclic) bond motifs is 1. The maximum absolute atomic E-state index is 13.7. The number of hydrogen-bond donors (Lipinski definition) is 1. The molecule has 7 heteroatoms. The van der Waals surface area contributed by atoms with Crippen molar-refractivity contribution in [3.8, 4) is 5.75 Å². The van der Waals surface area contributed by atoms with Crippen molar-refractivity contribution in [3.05, 3.63) is 83.6 Å². The third-order valence-electron chi connectivity index (χ3n) is 4.37. The summed E-state index contributed by atoms with van der Waals surface area (Å²) < 4.78 is 32.4. The second-order valence-electron chi connectivity index (χ2n) is 6.19. The maximum atomic E-state index is 13.7. The van der Waals surface area contributed by atoms with Crippen molar-refractivity contribution in [2.24, 2.45) is 0 Å². The van der Waals surface area contributed by atoms with Gasteiger partial charge < -0.3 is 9.72 Å². The third kappa shape index (κ3) is 3.62. The van der Waals surface area contributed by atoms with Crippen LogP contribution in [0.1, 0.15) is 29.8 Å². The van der Waals surface area contributed by atoms with Crippen LogP contribution in [-0.4, -0.2) is 19.9 Å². The summed E-state index contributed by atoms with van der Waals surface area (Å²) in [5.74, 6) is 0.407. The minimum atomic E-state index is -0.491. The molecule has 4 aromatic rings. The molecule has 0 amide bonds. The van der Waals surface area contributed by atoms with Gasteiger partial charge in [0.05, 0.1) is 6.20 Å². The summed E-state index contributed by atoms with van der Waals surface area (Å²) in [4.78, 5) is 15.8. The summed E-state index contributed by atoms with van der Waals surface area (Å²) in [7, 11) is 0. The first-order valence-electron chi connectivity index (χ1n) is 8.42. The number of aromatic nitrogens is 4. The fraction of sp³-hybridized carbons (Fsp3) is 0.150. The maximum Gasteiger partial charge on any atom is 0.160 e. The van der Waals surface area contributed by atoms with E-state index in [2.05, 4.69) is 19.9 Å². The van der Waals surface area contributed by atoms with Gasteiger partial charge in [0.2, 0.25) is 0 Å². The van der Waals surface area contributed by atoms with Crippen LogP contribution < -0.4 is 4.74 Å². The highest BCUT2D eigenvalue weighted by atomic mass is 19.1. The lowest BCUT2D eigenvalue weighted by Gasteiger charge is -2.11. The molecule has 0 radical (unpaired) electrons. The molecule has 0 aliphatic heterocycles. The summed E-state index contributed by atoms with van der Waals surface area (Å²) in [5, 5.41) is 0. The molecule has 1 unspecified atom stereocenters. The zero-order chi connectivity index (χ0) is 18.8. The Balaban J connectivity index is 1.47. The molecule has 0 bridgehead atoms. The number of imidazole rings is 1. The van der Waals surface area contributed by atoms with E-state index in [1.165, 1.54) is 6.33 Å². The summed E-state index contributed by atoms with van der Waals surface area (Å²) in [5.41, 5.74) is 2.63. The van der Waals surface area contributed by atoms with Crippen LogP contribution in [0.3, 0.4) is 0 Å². The van der Waals surface area contributed by atoms with Gasteiger partial charge in [0.25, 0.3) is 0 Å². The lowest BCUT2D eigenvalue weighted by molar-refractivity contribution is 0.299. The smallest absolute Gasteiger partial charge is 0.160 e. The quantitative estimate of drug-likeness (QED) is 0.570. The Morgan fingerprint density at radius 3 is 2.70 bits per heavy atom. The highest BCUT2D eigenvalue weighted by Gasteiger charge is 2.14. The molecular formula is C20H16F2N4O. The van der Waals surface area contributed by atoms with Crippen LogP contribution in [0.15, 0.2) is 55.0 Å². The van der Waals surface area contributed by atoms with E-state index in [1.54, 1.807) is 18.3 Å². The number of hydrogen-bond acceptors (Lipinski definition) is 4. The van der Waals surface area contributed by atoms with Gasteiger partial charge in [-0.1, -0.05) is 19.1 Å². The van der Waals surface area contributed by atoms with Crippen LogP contribution >= 0.6 is 0 Å². The third-order valence-corrected chi connectivity index (χ3v) is 4.37. The fourth-order valence-corrected chi connectivity index (χ4v) is 2.81. The molecule has 1 N–H and O–H groups in total. The Morgan fingerprint density at radius 1 is 1.11 bits per heavy atom. The minimum absolute atomic E-state index is 0.0221. The average Bonchev–Trinajstić information content (AvgIpc) is 3.13. The highest BCUT2D eigenvalue weighted by molar-refractivity contribution is 5.69. The van der Waals surface area contributed by atoms with E-state index in [0.29, 0.717) is 11.4 Å². The number of rotatable bonds is 5. The molecule has 27 heavy (non-hydrogen) atoms. The molecule has 0 aliphatic carbocycles. The molecule has 2 heterocycles. The predicted octanol–water partition coefficient (Wildman–Crippen LogP) is 4.36. The number of nitrogens with one attached hydrogen (secondary N) is 1. The molecule has 2 aromatic heterocycles. The van der Waals surface area contributed by atoms with Gasteiger partial charge in [0.15, 0.2) is 5.65 Å². The number of nitrogens with zero attached hydrogens (tertiary/aromatic N) is 3. The van der Waals surface area contributed by atoms with Gasteiger partial charge in [0, 0.05) is 11.5 Å². The number of aromatic amines is 1. The zero-order valence-corrected chi connectivity index (χ0v) is 14.5. The zero-order valence-electron chi connectivity index (χ0n) is 14.5. The van der Waals surface area contributed by atoms with Crippen molar-refractivity contribution < 1.29 is 13.5 Å². The first-order valence-corrected chi connectivity index (χ1v) is 8.42. The van der Waals surface area contributed by atoms with Gasteiger partial charge in [-0.15, -0.1) is 0 Å². The molecular weight excluding hydrogens is 350 g/mol. The van der Waals surface area contributed by atoms with Crippen molar-refractivity contribution in [2.75, 3.05) is 0 Å². The summed E-state index contributed by atoms with van der Waals surface area (Å²) in [6.45, 7) is 1.99. The molecule has 0 spiro atoms. The van der Waals surface area contributed by atoms with E-state index >= 15 is 0 Å². The van der Waals surface area contributed by atoms with Gasteiger partial charge in [0.1, 0.15) is 41.7 Å². The monoisotopic (exact) mass is 366 g/mol. The Labute approximate surface area is 154 Å². The van der Waals surface area contributed by atoms with Crippen molar-refractivity contribution in [1.29, 1.82) is 0 Å². The van der Waals surface area contributed by atoms with Crippen molar-refractivity contribution >= 4 is 11.2 Å². The van der Waals surface area contributed by atoms with Crippen molar-refractivity contribution in [3.63, 3.8) is 0 Å². The van der Waals surface area contributed by atoms with E-state index in [1.807, 2.05) is 19.1 Å². The van der Waals surface area contributed by atoms with E-state index in [4.69, 9.17) is 4.74 Å². The van der Waals surface area contributed by atoms with Crippen LogP contribution in [0, 0.1) is 11.6 Å². The highest BCUT2D eigenvalue weighted by Crippen LogP contribution is 2.25. The summed E-state index contributed by atoms with van der Waals surface area (Å²) in [6.07, 6.45) is 3.14. The Morgan fingerprint density at radius 2 is 1.93 bits per heavy atom. The molecule has 2 aromatic carbocycles. The number of halogens is 2. The SMILES string of the molecule is CC(c1ccc(OCc2cc(F)ccc2F)cc1)c1nc2cncnc2[nH]1. The Hall–Kier alpha value is -3.35. The van der Waals surface area contributed by atoms with Crippen LogP contribution in [0.5, 0.6) is 5.75 Å². The lowest BCUT2D eigenvalue weighted by atomic mass is 10.0. The molecule has 0 fully saturated rings. The van der Waals surface area contributed by atoms with Gasteiger partial charge in [-0.3, -0.25) is 0 Å². The molecule has 136 valence electrons. The summed E-state index contributed by atoms with van der Waals surface area (Å²) in [6, 6.07) is 10.7. The molecule has 0 saturated heterocycles. The molecule has 5 nitrogen and oxygen atoms in total. The number of ether oxygens (including phenoxy) is 1. The molecule has 0 saturated carbocycles. The predicted molar refractivity (Wildman–Crippen MR) is 96.3 cm³/mol. The van der Waals surface area contributed by atoms with Crippen LogP contribution in [0.2, 0.25) is 0 Å².